The molecule has 6 heteroatoms. The van der Waals surface area contributed by atoms with Crippen molar-refractivity contribution in [1.29, 1.82) is 0 Å². The van der Waals surface area contributed by atoms with Gasteiger partial charge >= 0.3 is 0 Å². The number of hydrogen-bond donors (Lipinski definition) is 2. The number of rotatable bonds is 6. The Kier molecular flexibility index (Phi) is 6.60. The quantitative estimate of drug-likeness (QED) is 0.780. The Hall–Kier alpha value is -3.02. The van der Waals surface area contributed by atoms with Gasteiger partial charge in [0, 0.05) is 0 Å². The van der Waals surface area contributed by atoms with E-state index in [0.717, 1.165) is 16.7 Å². The summed E-state index contributed by atoms with van der Waals surface area (Å²) in [7, 11) is 0. The maximum Gasteiger partial charge on any atom is 0.279 e. The molecule has 2 rings (SSSR count). The summed E-state index contributed by atoms with van der Waals surface area (Å²) in [5.74, 6) is 0.359. The van der Waals surface area contributed by atoms with Crippen LogP contribution in [-0.2, 0) is 9.59 Å². The topological polar surface area (TPSA) is 76.7 Å². The molecule has 0 aliphatic rings. The standard InChI is InChI=1S/C20H24N2O4/c1-13-9-7-11-18(15(13)3)26-16(4)20(24)22-21-19(23)12-25-17-10-6-5-8-14(17)2/h5-11,16H,12H2,1-4H3,(H,21,23)(H,22,24)/t16-/m0/s1. The molecule has 138 valence electrons. The van der Waals surface area contributed by atoms with Crippen LogP contribution in [0.3, 0.4) is 0 Å². The SMILES string of the molecule is Cc1ccccc1OCC(=O)NNC(=O)[C@H](C)Oc1cccc(C)c1C. The highest BCUT2D eigenvalue weighted by molar-refractivity contribution is 5.85. The van der Waals surface area contributed by atoms with E-state index < -0.39 is 17.9 Å². The van der Waals surface area contributed by atoms with E-state index in [1.54, 1.807) is 19.1 Å². The molecule has 2 aromatic carbocycles. The third-order valence-corrected chi connectivity index (χ3v) is 4.01. The number of nitrogens with one attached hydrogen (secondary N) is 2. The van der Waals surface area contributed by atoms with E-state index in [1.165, 1.54) is 0 Å². The van der Waals surface area contributed by atoms with Crippen molar-refractivity contribution < 1.29 is 19.1 Å². The van der Waals surface area contributed by atoms with E-state index in [4.69, 9.17) is 9.47 Å². The second-order valence-electron chi connectivity index (χ2n) is 6.05. The van der Waals surface area contributed by atoms with Gasteiger partial charge in [0.25, 0.3) is 11.8 Å². The van der Waals surface area contributed by atoms with Gasteiger partial charge in [-0.25, -0.2) is 0 Å². The molecule has 2 amide bonds. The number of hydrazine groups is 1. The molecule has 0 aromatic heterocycles. The highest BCUT2D eigenvalue weighted by atomic mass is 16.5. The Bertz CT molecular complexity index is 789. The Morgan fingerprint density at radius 2 is 1.58 bits per heavy atom. The molecule has 26 heavy (non-hydrogen) atoms. The number of hydrogen-bond acceptors (Lipinski definition) is 4. The molecule has 0 heterocycles. The van der Waals surface area contributed by atoms with Crippen molar-refractivity contribution in [1.82, 2.24) is 10.9 Å². The molecule has 0 spiro atoms. The van der Waals surface area contributed by atoms with Gasteiger partial charge in [-0.05, 0) is 56.5 Å². The molecular weight excluding hydrogens is 332 g/mol. The van der Waals surface area contributed by atoms with Gasteiger partial charge in [-0.3, -0.25) is 20.4 Å². The number of carbonyl (C=O) groups excluding carboxylic acids is 2. The molecule has 0 unspecified atom stereocenters. The largest absolute Gasteiger partial charge is 0.483 e. The van der Waals surface area contributed by atoms with Crippen LogP contribution >= 0.6 is 0 Å². The van der Waals surface area contributed by atoms with E-state index in [-0.39, 0.29) is 6.61 Å². The first kappa shape index (κ1) is 19.3. The number of amides is 2. The van der Waals surface area contributed by atoms with Crippen molar-refractivity contribution in [2.45, 2.75) is 33.8 Å². The second kappa shape index (κ2) is 8.89. The van der Waals surface area contributed by atoms with Crippen molar-refractivity contribution >= 4 is 11.8 Å². The van der Waals surface area contributed by atoms with Crippen LogP contribution in [0, 0.1) is 20.8 Å². The number of aryl methyl sites for hydroxylation is 2. The fourth-order valence-corrected chi connectivity index (χ4v) is 2.23. The summed E-state index contributed by atoms with van der Waals surface area (Å²) in [5, 5.41) is 0. The van der Waals surface area contributed by atoms with Crippen LogP contribution < -0.4 is 20.3 Å². The summed E-state index contributed by atoms with van der Waals surface area (Å²) >= 11 is 0. The van der Waals surface area contributed by atoms with Crippen molar-refractivity contribution in [3.8, 4) is 11.5 Å². The minimum Gasteiger partial charge on any atom is -0.483 e. The fraction of sp³-hybridized carbons (Fsp3) is 0.300. The van der Waals surface area contributed by atoms with Gasteiger partial charge in [-0.2, -0.15) is 0 Å². The zero-order valence-corrected chi connectivity index (χ0v) is 15.5. The third kappa shape index (κ3) is 5.24. The maximum absolute atomic E-state index is 12.1. The number of carbonyl (C=O) groups is 2. The number of benzene rings is 2. The van der Waals surface area contributed by atoms with E-state index in [1.807, 2.05) is 51.1 Å². The Balaban J connectivity index is 1.79. The highest BCUT2D eigenvalue weighted by Crippen LogP contribution is 2.21. The van der Waals surface area contributed by atoms with Crippen LogP contribution in [0.4, 0.5) is 0 Å². The van der Waals surface area contributed by atoms with Crippen LogP contribution in [0.1, 0.15) is 23.6 Å². The molecule has 0 saturated carbocycles. The Morgan fingerprint density at radius 1 is 0.923 bits per heavy atom. The van der Waals surface area contributed by atoms with Crippen LogP contribution in [0.15, 0.2) is 42.5 Å². The predicted molar refractivity (Wildman–Crippen MR) is 99.0 cm³/mol. The van der Waals surface area contributed by atoms with Crippen LogP contribution in [0.2, 0.25) is 0 Å². The average Bonchev–Trinajstić information content (AvgIpc) is 2.62. The van der Waals surface area contributed by atoms with Gasteiger partial charge in [0.1, 0.15) is 11.5 Å². The van der Waals surface area contributed by atoms with E-state index in [9.17, 15) is 9.59 Å². The van der Waals surface area contributed by atoms with Gasteiger partial charge in [-0.15, -0.1) is 0 Å². The first-order valence-electron chi connectivity index (χ1n) is 8.38. The second-order valence-corrected chi connectivity index (χ2v) is 6.05. The summed E-state index contributed by atoms with van der Waals surface area (Å²) in [5.41, 5.74) is 7.65. The third-order valence-electron chi connectivity index (χ3n) is 4.01. The average molecular weight is 356 g/mol. The lowest BCUT2D eigenvalue weighted by Gasteiger charge is -2.17. The number of para-hydroxylation sites is 1. The van der Waals surface area contributed by atoms with Gasteiger partial charge in [0.05, 0.1) is 0 Å². The summed E-state index contributed by atoms with van der Waals surface area (Å²) in [6, 6.07) is 13.0. The molecule has 0 radical (unpaired) electrons. The molecule has 0 aliphatic heterocycles. The van der Waals surface area contributed by atoms with Crippen molar-refractivity contribution in [2.75, 3.05) is 6.61 Å². The zero-order chi connectivity index (χ0) is 19.1. The molecule has 2 N–H and O–H groups in total. The van der Waals surface area contributed by atoms with E-state index in [2.05, 4.69) is 10.9 Å². The zero-order valence-electron chi connectivity index (χ0n) is 15.5. The van der Waals surface area contributed by atoms with Crippen molar-refractivity contribution in [3.05, 3.63) is 59.2 Å². The first-order chi connectivity index (χ1) is 12.4. The fourth-order valence-electron chi connectivity index (χ4n) is 2.23. The van der Waals surface area contributed by atoms with E-state index >= 15 is 0 Å². The van der Waals surface area contributed by atoms with Crippen LogP contribution in [0.25, 0.3) is 0 Å². The predicted octanol–water partition coefficient (Wildman–Crippen LogP) is 2.61. The minimum atomic E-state index is -0.756. The monoisotopic (exact) mass is 356 g/mol. The minimum absolute atomic E-state index is 0.197. The number of ether oxygens (including phenoxy) is 2. The normalized spacial score (nSPS) is 11.4. The van der Waals surface area contributed by atoms with Crippen molar-refractivity contribution in [3.63, 3.8) is 0 Å². The first-order valence-corrected chi connectivity index (χ1v) is 8.38. The highest BCUT2D eigenvalue weighted by Gasteiger charge is 2.17. The van der Waals surface area contributed by atoms with Gasteiger partial charge in [0.15, 0.2) is 12.7 Å². The molecule has 1 atom stereocenters. The Labute approximate surface area is 153 Å². The molecule has 0 fully saturated rings. The molecular formula is C20H24N2O4. The van der Waals surface area contributed by atoms with Gasteiger partial charge in [0.2, 0.25) is 0 Å². The summed E-state index contributed by atoms with van der Waals surface area (Å²) < 4.78 is 11.1. The molecule has 0 bridgehead atoms. The van der Waals surface area contributed by atoms with Crippen LogP contribution in [0.5, 0.6) is 11.5 Å². The smallest absolute Gasteiger partial charge is 0.279 e. The molecule has 0 aliphatic carbocycles. The summed E-state index contributed by atoms with van der Waals surface area (Å²) in [6.07, 6.45) is -0.756. The molecule has 6 nitrogen and oxygen atoms in total. The lowest BCUT2D eigenvalue weighted by molar-refractivity contribution is -0.133. The van der Waals surface area contributed by atoms with Gasteiger partial charge in [-0.1, -0.05) is 30.3 Å². The van der Waals surface area contributed by atoms with Gasteiger partial charge < -0.3 is 9.47 Å². The summed E-state index contributed by atoms with van der Waals surface area (Å²) in [4.78, 5) is 23.9. The lowest BCUT2D eigenvalue weighted by atomic mass is 10.1. The summed E-state index contributed by atoms with van der Waals surface area (Å²) in [6.45, 7) is 7.22. The lowest BCUT2D eigenvalue weighted by Crippen LogP contribution is -2.48. The molecule has 2 aromatic rings. The van der Waals surface area contributed by atoms with Crippen molar-refractivity contribution in [2.24, 2.45) is 0 Å². The molecule has 0 saturated heterocycles. The van der Waals surface area contributed by atoms with E-state index in [0.29, 0.717) is 11.5 Å². The Morgan fingerprint density at radius 3 is 2.31 bits per heavy atom. The maximum atomic E-state index is 12.1. The van der Waals surface area contributed by atoms with Crippen LogP contribution in [-0.4, -0.2) is 24.5 Å².